The number of sulfone groups is 1. The molecule has 1 aliphatic heterocycles. The van der Waals surface area contributed by atoms with E-state index in [1.165, 1.54) is 0 Å². The summed E-state index contributed by atoms with van der Waals surface area (Å²) in [5.41, 5.74) is 7.71. The Morgan fingerprint density at radius 2 is 2.22 bits per heavy atom. The van der Waals surface area contributed by atoms with Crippen LogP contribution in [0, 0.1) is 0 Å². The number of ether oxygens (including phenoxy) is 1. The first-order chi connectivity index (χ1) is 8.58. The lowest BCUT2D eigenvalue weighted by molar-refractivity contribution is 0.181. The Morgan fingerprint density at radius 1 is 1.44 bits per heavy atom. The van der Waals surface area contributed by atoms with E-state index in [4.69, 9.17) is 10.5 Å². The summed E-state index contributed by atoms with van der Waals surface area (Å²) in [5, 5.41) is 0. The van der Waals surface area contributed by atoms with Gasteiger partial charge in [-0.2, -0.15) is 0 Å². The van der Waals surface area contributed by atoms with Crippen molar-refractivity contribution in [2.45, 2.75) is 23.7 Å². The first kappa shape index (κ1) is 13.5. The van der Waals surface area contributed by atoms with Gasteiger partial charge in [-0.05, 0) is 30.0 Å². The van der Waals surface area contributed by atoms with Gasteiger partial charge in [0.15, 0.2) is 9.84 Å². The molecule has 0 radical (unpaired) electrons. The average molecular weight is 269 g/mol. The fourth-order valence-corrected chi connectivity index (χ4v) is 4.00. The molecule has 18 heavy (non-hydrogen) atoms. The van der Waals surface area contributed by atoms with Gasteiger partial charge in [-0.3, -0.25) is 0 Å². The molecule has 2 rings (SSSR count). The first-order valence-electron chi connectivity index (χ1n) is 6.13. The first-order valence-corrected chi connectivity index (χ1v) is 7.78. The Balaban J connectivity index is 2.38. The van der Waals surface area contributed by atoms with Crippen LogP contribution in [0.4, 0.5) is 0 Å². The Bertz CT molecular complexity index is 525. The lowest BCUT2D eigenvalue weighted by Crippen LogP contribution is -2.20. The van der Waals surface area contributed by atoms with E-state index in [1.54, 1.807) is 13.2 Å². The van der Waals surface area contributed by atoms with Gasteiger partial charge in [-0.15, -0.1) is 0 Å². The zero-order chi connectivity index (χ0) is 13.2. The number of aryl methyl sites for hydroxylation is 1. The average Bonchev–Trinajstić information content (AvgIpc) is 2.35. The second-order valence-electron chi connectivity index (χ2n) is 4.68. The molecule has 1 heterocycles. The fraction of sp³-hybridized carbons (Fsp3) is 0.538. The van der Waals surface area contributed by atoms with Crippen LogP contribution in [0.1, 0.15) is 23.5 Å². The van der Waals surface area contributed by atoms with Crippen molar-refractivity contribution in [3.63, 3.8) is 0 Å². The fourth-order valence-electron chi connectivity index (χ4n) is 2.42. The van der Waals surface area contributed by atoms with Gasteiger partial charge in [0.05, 0.1) is 17.3 Å². The summed E-state index contributed by atoms with van der Waals surface area (Å²) in [4.78, 5) is 0.491. The molecule has 1 unspecified atom stereocenters. The lowest BCUT2D eigenvalue weighted by atomic mass is 9.96. The van der Waals surface area contributed by atoms with Crippen molar-refractivity contribution in [2.75, 3.05) is 26.0 Å². The summed E-state index contributed by atoms with van der Waals surface area (Å²) in [6.07, 6.45) is 1.53. The number of hydrogen-bond donors (Lipinski definition) is 1. The van der Waals surface area contributed by atoms with Crippen molar-refractivity contribution in [3.8, 4) is 0 Å². The van der Waals surface area contributed by atoms with Gasteiger partial charge < -0.3 is 10.5 Å². The highest BCUT2D eigenvalue weighted by Gasteiger charge is 2.24. The number of fused-ring (bicyclic) bond motifs is 1. The molecule has 0 aliphatic carbocycles. The molecule has 0 amide bonds. The van der Waals surface area contributed by atoms with Crippen molar-refractivity contribution < 1.29 is 13.2 Å². The normalized spacial score (nSPS) is 19.2. The zero-order valence-corrected chi connectivity index (χ0v) is 11.4. The van der Waals surface area contributed by atoms with Crippen LogP contribution in [-0.4, -0.2) is 34.4 Å². The predicted molar refractivity (Wildman–Crippen MR) is 70.5 cm³/mol. The van der Waals surface area contributed by atoms with E-state index in [1.807, 2.05) is 12.1 Å². The van der Waals surface area contributed by atoms with Gasteiger partial charge >= 0.3 is 0 Å². The molecule has 1 aliphatic rings. The molecule has 0 fully saturated rings. The molecule has 100 valence electrons. The van der Waals surface area contributed by atoms with Gasteiger partial charge in [0.1, 0.15) is 0 Å². The molecular formula is C13H19NO3S. The number of benzene rings is 1. The Morgan fingerprint density at radius 3 is 2.89 bits per heavy atom. The van der Waals surface area contributed by atoms with Crippen LogP contribution in [0.3, 0.4) is 0 Å². The molecule has 5 heteroatoms. The third-order valence-corrected chi connectivity index (χ3v) is 5.30. The highest BCUT2D eigenvalue weighted by Crippen LogP contribution is 2.28. The summed E-state index contributed by atoms with van der Waals surface area (Å²) in [7, 11) is -1.42. The van der Waals surface area contributed by atoms with Crippen LogP contribution in [0.5, 0.6) is 0 Å². The topological polar surface area (TPSA) is 69.4 Å². The maximum Gasteiger partial charge on any atom is 0.178 e. The molecular weight excluding hydrogens is 250 g/mol. The van der Waals surface area contributed by atoms with Crippen LogP contribution in [0.25, 0.3) is 0 Å². The highest BCUT2D eigenvalue weighted by molar-refractivity contribution is 7.91. The van der Waals surface area contributed by atoms with E-state index in [0.717, 1.165) is 17.5 Å². The maximum absolute atomic E-state index is 11.9. The number of nitrogens with two attached hydrogens (primary N) is 1. The van der Waals surface area contributed by atoms with Crippen molar-refractivity contribution in [3.05, 3.63) is 29.3 Å². The Kier molecular flexibility index (Phi) is 4.04. The van der Waals surface area contributed by atoms with Gasteiger partial charge in [0.25, 0.3) is 0 Å². The van der Waals surface area contributed by atoms with Gasteiger partial charge in [-0.1, -0.05) is 12.1 Å². The monoisotopic (exact) mass is 269 g/mol. The third kappa shape index (κ3) is 2.58. The molecule has 1 aromatic carbocycles. The third-order valence-electron chi connectivity index (χ3n) is 3.40. The second kappa shape index (κ2) is 5.38. The second-order valence-corrected chi connectivity index (χ2v) is 6.76. The van der Waals surface area contributed by atoms with Crippen LogP contribution in [-0.2, 0) is 21.0 Å². The van der Waals surface area contributed by atoms with E-state index in [2.05, 4.69) is 0 Å². The van der Waals surface area contributed by atoms with Crippen LogP contribution >= 0.6 is 0 Å². The van der Waals surface area contributed by atoms with Crippen molar-refractivity contribution in [1.82, 2.24) is 0 Å². The van der Waals surface area contributed by atoms with Crippen LogP contribution in [0.15, 0.2) is 23.1 Å². The molecule has 1 aromatic rings. The highest BCUT2D eigenvalue weighted by atomic mass is 32.2. The van der Waals surface area contributed by atoms with Crippen LogP contribution < -0.4 is 5.73 Å². The summed E-state index contributed by atoms with van der Waals surface area (Å²) < 4.78 is 28.9. The predicted octanol–water partition coefficient (Wildman–Crippen LogP) is 1.10. The Labute approximate surface area is 108 Å². The molecule has 2 N–H and O–H groups in total. The molecule has 0 bridgehead atoms. The number of rotatable bonds is 4. The van der Waals surface area contributed by atoms with Gasteiger partial charge in [0, 0.05) is 19.6 Å². The molecule has 0 saturated carbocycles. The minimum atomic E-state index is -3.07. The van der Waals surface area contributed by atoms with Gasteiger partial charge in [-0.25, -0.2) is 8.42 Å². The summed E-state index contributed by atoms with van der Waals surface area (Å²) in [6, 6.07) is 5.55. The quantitative estimate of drug-likeness (QED) is 0.888. The molecule has 1 atom stereocenters. The summed E-state index contributed by atoms with van der Waals surface area (Å²) in [5.74, 6) is 0.391. The molecule has 0 saturated heterocycles. The number of methoxy groups -OCH3 is 1. The maximum atomic E-state index is 11.9. The van der Waals surface area contributed by atoms with Crippen molar-refractivity contribution in [1.29, 1.82) is 0 Å². The smallest absolute Gasteiger partial charge is 0.178 e. The molecule has 0 spiro atoms. The summed E-state index contributed by atoms with van der Waals surface area (Å²) in [6.45, 7) is 1.06. The minimum absolute atomic E-state index is 0.130. The Hall–Kier alpha value is -0.910. The zero-order valence-electron chi connectivity index (χ0n) is 10.6. The van der Waals surface area contributed by atoms with Gasteiger partial charge in [0.2, 0.25) is 0 Å². The largest absolute Gasteiger partial charge is 0.384 e. The minimum Gasteiger partial charge on any atom is -0.384 e. The van der Waals surface area contributed by atoms with Crippen molar-refractivity contribution in [2.24, 2.45) is 5.73 Å². The van der Waals surface area contributed by atoms with E-state index < -0.39 is 9.84 Å². The van der Waals surface area contributed by atoms with E-state index in [9.17, 15) is 8.42 Å². The van der Waals surface area contributed by atoms with Crippen molar-refractivity contribution >= 4 is 9.84 Å². The SMILES string of the molecule is COCC(CN)c1ccc2c(c1)CCCS2(=O)=O. The lowest BCUT2D eigenvalue weighted by Gasteiger charge is -2.20. The van der Waals surface area contributed by atoms with E-state index in [-0.39, 0.29) is 11.7 Å². The van der Waals surface area contributed by atoms with Crippen LogP contribution in [0.2, 0.25) is 0 Å². The standard InChI is InChI=1S/C13H19NO3S/c1-17-9-12(8-14)10-4-5-13-11(7-10)3-2-6-18(13,15)16/h4-5,7,12H,2-3,6,8-9,14H2,1H3. The molecule has 4 nitrogen and oxygen atoms in total. The number of hydrogen-bond acceptors (Lipinski definition) is 4. The summed E-state index contributed by atoms with van der Waals surface area (Å²) >= 11 is 0. The molecule has 0 aromatic heterocycles. The van der Waals surface area contributed by atoms with E-state index in [0.29, 0.717) is 24.5 Å². The van der Waals surface area contributed by atoms with E-state index >= 15 is 0 Å².